The van der Waals surface area contributed by atoms with Crippen molar-refractivity contribution in [2.45, 2.75) is 19.4 Å². The molecule has 19 heavy (non-hydrogen) atoms. The monoisotopic (exact) mass is 266 g/mol. The number of hydrogen-bond donors (Lipinski definition) is 3. The Kier molecular flexibility index (Phi) is 6.92. The maximum absolute atomic E-state index is 11.3. The molecule has 0 aromatic heterocycles. The lowest BCUT2D eigenvalue weighted by molar-refractivity contribution is -0.120. The molecule has 0 aliphatic carbocycles. The van der Waals surface area contributed by atoms with Crippen LogP contribution in [0.1, 0.15) is 25.0 Å². The maximum atomic E-state index is 11.3. The van der Waals surface area contributed by atoms with Crippen LogP contribution in [-0.2, 0) is 4.79 Å². The summed E-state index contributed by atoms with van der Waals surface area (Å²) in [5.41, 5.74) is 0.765. The molecule has 1 rings (SSSR count). The first-order valence-corrected chi connectivity index (χ1v) is 6.46. The summed E-state index contributed by atoms with van der Waals surface area (Å²) in [6, 6.07) is 7.25. The van der Waals surface area contributed by atoms with Crippen LogP contribution in [0.2, 0.25) is 0 Å². The number of aliphatic hydroxyl groups excluding tert-OH is 1. The van der Waals surface area contributed by atoms with Crippen LogP contribution in [0, 0.1) is 0 Å². The Hall–Kier alpha value is -1.59. The van der Waals surface area contributed by atoms with E-state index < -0.39 is 6.10 Å². The minimum Gasteiger partial charge on any atom is -0.497 e. The standard InChI is InChI=1S/C14H22N2O3/c1-3-7-16-14(18)10-15-9-13(17)11-5-4-6-12(8-11)19-2/h4-6,8,13,15,17H,3,7,9-10H2,1-2H3,(H,16,18). The number of carbonyl (C=O) groups excluding carboxylic acids is 1. The molecule has 1 aromatic carbocycles. The summed E-state index contributed by atoms with van der Waals surface area (Å²) in [5, 5.41) is 15.7. The Morgan fingerprint density at radius 1 is 1.47 bits per heavy atom. The van der Waals surface area contributed by atoms with Crippen LogP contribution in [0.4, 0.5) is 0 Å². The molecular formula is C14H22N2O3. The normalized spacial score (nSPS) is 11.9. The molecule has 0 saturated heterocycles. The molecule has 3 N–H and O–H groups in total. The van der Waals surface area contributed by atoms with Crippen molar-refractivity contribution in [1.29, 1.82) is 0 Å². The van der Waals surface area contributed by atoms with E-state index in [9.17, 15) is 9.90 Å². The van der Waals surface area contributed by atoms with Crippen LogP contribution >= 0.6 is 0 Å². The molecule has 5 heteroatoms. The van der Waals surface area contributed by atoms with Gasteiger partial charge in [0.2, 0.25) is 5.91 Å². The second-order valence-electron chi connectivity index (χ2n) is 4.27. The number of ether oxygens (including phenoxy) is 1. The largest absolute Gasteiger partial charge is 0.497 e. The Morgan fingerprint density at radius 2 is 2.26 bits per heavy atom. The smallest absolute Gasteiger partial charge is 0.233 e. The van der Waals surface area contributed by atoms with Crippen molar-refractivity contribution in [3.8, 4) is 5.75 Å². The minimum atomic E-state index is -0.658. The topological polar surface area (TPSA) is 70.6 Å². The highest BCUT2D eigenvalue weighted by molar-refractivity contribution is 5.77. The molecule has 1 atom stereocenters. The van der Waals surface area contributed by atoms with Crippen molar-refractivity contribution < 1.29 is 14.6 Å². The molecule has 0 radical (unpaired) electrons. The Morgan fingerprint density at radius 3 is 2.95 bits per heavy atom. The molecule has 0 aliphatic heterocycles. The van der Waals surface area contributed by atoms with Gasteiger partial charge in [-0.3, -0.25) is 4.79 Å². The number of nitrogens with one attached hydrogen (secondary N) is 2. The third kappa shape index (κ3) is 5.72. The van der Waals surface area contributed by atoms with Crippen molar-refractivity contribution in [3.63, 3.8) is 0 Å². The van der Waals surface area contributed by atoms with E-state index in [1.165, 1.54) is 0 Å². The van der Waals surface area contributed by atoms with Crippen molar-refractivity contribution in [3.05, 3.63) is 29.8 Å². The number of methoxy groups -OCH3 is 1. The zero-order valence-corrected chi connectivity index (χ0v) is 11.5. The molecule has 0 heterocycles. The third-order valence-electron chi connectivity index (χ3n) is 2.67. The van der Waals surface area contributed by atoms with Gasteiger partial charge in [0.1, 0.15) is 5.75 Å². The lowest BCUT2D eigenvalue weighted by Crippen LogP contribution is -2.35. The van der Waals surface area contributed by atoms with Crippen LogP contribution in [0.5, 0.6) is 5.75 Å². The predicted molar refractivity (Wildman–Crippen MR) is 74.1 cm³/mol. The second-order valence-corrected chi connectivity index (χ2v) is 4.27. The van der Waals surface area contributed by atoms with Crippen LogP contribution in [0.15, 0.2) is 24.3 Å². The summed E-state index contributed by atoms with van der Waals surface area (Å²) < 4.78 is 5.10. The van der Waals surface area contributed by atoms with Crippen LogP contribution < -0.4 is 15.4 Å². The highest BCUT2D eigenvalue weighted by Gasteiger charge is 2.08. The minimum absolute atomic E-state index is 0.0558. The first-order chi connectivity index (χ1) is 9.17. The third-order valence-corrected chi connectivity index (χ3v) is 2.67. The Labute approximate surface area is 114 Å². The van der Waals surface area contributed by atoms with E-state index in [1.54, 1.807) is 13.2 Å². The average molecular weight is 266 g/mol. The molecule has 5 nitrogen and oxygen atoms in total. The number of carbonyl (C=O) groups is 1. The predicted octanol–water partition coefficient (Wildman–Crippen LogP) is 0.844. The van der Waals surface area contributed by atoms with Crippen molar-refractivity contribution >= 4 is 5.91 Å². The van der Waals surface area contributed by atoms with Gasteiger partial charge >= 0.3 is 0 Å². The molecule has 1 amide bonds. The summed E-state index contributed by atoms with van der Waals surface area (Å²) in [6.45, 7) is 3.22. The van der Waals surface area contributed by atoms with E-state index in [4.69, 9.17) is 4.74 Å². The van der Waals surface area contributed by atoms with Gasteiger partial charge in [-0.2, -0.15) is 0 Å². The summed E-state index contributed by atoms with van der Waals surface area (Å²) in [5.74, 6) is 0.650. The van der Waals surface area contributed by atoms with Gasteiger partial charge in [0, 0.05) is 13.1 Å². The van der Waals surface area contributed by atoms with E-state index in [-0.39, 0.29) is 12.5 Å². The first kappa shape index (κ1) is 15.5. The van der Waals surface area contributed by atoms with Crippen molar-refractivity contribution in [2.24, 2.45) is 0 Å². The zero-order chi connectivity index (χ0) is 14.1. The maximum Gasteiger partial charge on any atom is 0.233 e. The summed E-state index contributed by atoms with van der Waals surface area (Å²) in [4.78, 5) is 11.3. The van der Waals surface area contributed by atoms with Gasteiger partial charge in [-0.15, -0.1) is 0 Å². The molecular weight excluding hydrogens is 244 g/mol. The fourth-order valence-corrected chi connectivity index (χ4v) is 1.62. The highest BCUT2D eigenvalue weighted by atomic mass is 16.5. The number of hydrogen-bond acceptors (Lipinski definition) is 4. The van der Waals surface area contributed by atoms with E-state index in [1.807, 2.05) is 25.1 Å². The van der Waals surface area contributed by atoms with Crippen LogP contribution in [-0.4, -0.2) is 37.8 Å². The van der Waals surface area contributed by atoms with Gasteiger partial charge < -0.3 is 20.5 Å². The molecule has 0 spiro atoms. The van der Waals surface area contributed by atoms with E-state index in [2.05, 4.69) is 10.6 Å². The summed E-state index contributed by atoms with van der Waals surface area (Å²) >= 11 is 0. The Bertz CT molecular complexity index is 396. The van der Waals surface area contributed by atoms with Gasteiger partial charge in [0.05, 0.1) is 19.8 Å². The molecule has 106 valence electrons. The molecule has 1 aromatic rings. The average Bonchev–Trinajstić information content (AvgIpc) is 2.45. The first-order valence-electron chi connectivity index (χ1n) is 6.46. The van der Waals surface area contributed by atoms with Crippen LogP contribution in [0.3, 0.4) is 0 Å². The van der Waals surface area contributed by atoms with Gasteiger partial charge in [-0.1, -0.05) is 19.1 Å². The van der Waals surface area contributed by atoms with Crippen molar-refractivity contribution in [1.82, 2.24) is 10.6 Å². The van der Waals surface area contributed by atoms with Gasteiger partial charge in [0.25, 0.3) is 0 Å². The van der Waals surface area contributed by atoms with E-state index in [0.29, 0.717) is 18.8 Å². The highest BCUT2D eigenvalue weighted by Crippen LogP contribution is 2.18. The lowest BCUT2D eigenvalue weighted by atomic mass is 10.1. The fourth-order valence-electron chi connectivity index (χ4n) is 1.62. The summed E-state index contributed by atoms with van der Waals surface area (Å²) in [6.07, 6.45) is 0.257. The SMILES string of the molecule is CCCNC(=O)CNCC(O)c1cccc(OC)c1. The van der Waals surface area contributed by atoms with Crippen molar-refractivity contribution in [2.75, 3.05) is 26.7 Å². The second kappa shape index (κ2) is 8.50. The fraction of sp³-hybridized carbons (Fsp3) is 0.500. The van der Waals surface area contributed by atoms with Gasteiger partial charge in [-0.25, -0.2) is 0 Å². The zero-order valence-electron chi connectivity index (χ0n) is 11.5. The Balaban J connectivity index is 2.34. The number of rotatable bonds is 8. The van der Waals surface area contributed by atoms with Gasteiger partial charge in [0.15, 0.2) is 0 Å². The number of amides is 1. The number of aliphatic hydroxyl groups is 1. The van der Waals surface area contributed by atoms with E-state index in [0.717, 1.165) is 12.0 Å². The molecule has 1 unspecified atom stereocenters. The van der Waals surface area contributed by atoms with Gasteiger partial charge in [-0.05, 0) is 24.1 Å². The summed E-state index contributed by atoms with van der Waals surface area (Å²) in [7, 11) is 1.59. The quantitative estimate of drug-likeness (QED) is 0.652. The molecule has 0 fully saturated rings. The van der Waals surface area contributed by atoms with E-state index >= 15 is 0 Å². The lowest BCUT2D eigenvalue weighted by Gasteiger charge is -2.13. The molecule has 0 saturated carbocycles. The molecule has 0 aliphatic rings. The molecule has 0 bridgehead atoms. The van der Waals surface area contributed by atoms with Crippen LogP contribution in [0.25, 0.3) is 0 Å². The number of benzene rings is 1.